The van der Waals surface area contributed by atoms with Gasteiger partial charge in [-0.05, 0) is 38.0 Å². The third-order valence-electron chi connectivity index (χ3n) is 4.38. The summed E-state index contributed by atoms with van der Waals surface area (Å²) in [5.41, 5.74) is 5.37. The Morgan fingerprint density at radius 2 is 2.17 bits per heavy atom. The zero-order valence-electron chi connectivity index (χ0n) is 13.5. The van der Waals surface area contributed by atoms with Gasteiger partial charge in [0.05, 0.1) is 17.9 Å². The summed E-state index contributed by atoms with van der Waals surface area (Å²) in [5.74, 6) is -0.300. The predicted octanol–water partition coefficient (Wildman–Crippen LogP) is 3.00. The zero-order valence-corrected chi connectivity index (χ0v) is 13.5. The first-order chi connectivity index (χ1) is 11.5. The molecule has 122 valence electrons. The van der Waals surface area contributed by atoms with Gasteiger partial charge in [-0.25, -0.2) is 4.79 Å². The van der Waals surface area contributed by atoms with Crippen LogP contribution in [0.3, 0.4) is 0 Å². The molecule has 0 saturated carbocycles. The van der Waals surface area contributed by atoms with Gasteiger partial charge < -0.3 is 9.52 Å². The molecule has 6 nitrogen and oxygen atoms in total. The number of hydrogen-bond acceptors (Lipinski definition) is 4. The highest BCUT2D eigenvalue weighted by Gasteiger charge is 2.29. The van der Waals surface area contributed by atoms with Gasteiger partial charge >= 0.3 is 5.97 Å². The van der Waals surface area contributed by atoms with Crippen molar-refractivity contribution in [1.82, 2.24) is 14.8 Å². The highest BCUT2D eigenvalue weighted by atomic mass is 16.4. The Kier molecular flexibility index (Phi) is 3.26. The lowest BCUT2D eigenvalue weighted by Crippen LogP contribution is -2.03. The number of aromatic carboxylic acids is 1. The largest absolute Gasteiger partial charge is 0.475 e. The molecule has 0 fully saturated rings. The van der Waals surface area contributed by atoms with Crippen LogP contribution in [0.5, 0.6) is 0 Å². The summed E-state index contributed by atoms with van der Waals surface area (Å²) in [7, 11) is 0. The third kappa shape index (κ3) is 2.31. The Labute approximate surface area is 138 Å². The van der Waals surface area contributed by atoms with E-state index in [1.165, 1.54) is 0 Å². The number of carbonyl (C=O) groups is 1. The van der Waals surface area contributed by atoms with Crippen molar-refractivity contribution < 1.29 is 14.3 Å². The van der Waals surface area contributed by atoms with E-state index in [0.717, 1.165) is 40.4 Å². The van der Waals surface area contributed by atoms with E-state index in [1.807, 2.05) is 36.0 Å². The van der Waals surface area contributed by atoms with Crippen molar-refractivity contribution in [2.45, 2.75) is 33.2 Å². The molecular weight excluding hydrogens is 306 g/mol. The van der Waals surface area contributed by atoms with Gasteiger partial charge in [0.15, 0.2) is 0 Å². The number of aryl methyl sites for hydroxylation is 3. The second-order valence-electron chi connectivity index (χ2n) is 6.13. The quantitative estimate of drug-likeness (QED) is 0.801. The zero-order chi connectivity index (χ0) is 16.8. The Morgan fingerprint density at radius 3 is 2.92 bits per heavy atom. The first-order valence-corrected chi connectivity index (χ1v) is 7.87. The van der Waals surface area contributed by atoms with Crippen LogP contribution in [0, 0.1) is 13.8 Å². The van der Waals surface area contributed by atoms with Crippen LogP contribution in [0.25, 0.3) is 11.3 Å². The Morgan fingerprint density at radius 1 is 1.33 bits per heavy atom. The van der Waals surface area contributed by atoms with E-state index in [9.17, 15) is 9.90 Å². The molecule has 3 aromatic rings. The number of hydrogen-bond donors (Lipinski definition) is 1. The summed E-state index contributed by atoms with van der Waals surface area (Å²) < 4.78 is 7.41. The van der Waals surface area contributed by atoms with Gasteiger partial charge in [-0.3, -0.25) is 9.67 Å². The molecule has 0 radical (unpaired) electrons. The van der Waals surface area contributed by atoms with Gasteiger partial charge in [-0.2, -0.15) is 5.10 Å². The second-order valence-corrected chi connectivity index (χ2v) is 6.13. The number of nitrogens with zero attached hydrogens (tertiary/aromatic N) is 3. The van der Waals surface area contributed by atoms with Crippen molar-refractivity contribution in [3.8, 4) is 11.3 Å². The van der Waals surface area contributed by atoms with Crippen molar-refractivity contribution in [3.05, 3.63) is 58.4 Å². The molecule has 0 aromatic carbocycles. The van der Waals surface area contributed by atoms with E-state index >= 15 is 0 Å². The van der Waals surface area contributed by atoms with Crippen molar-refractivity contribution in [1.29, 1.82) is 0 Å². The minimum Gasteiger partial charge on any atom is -0.475 e. The first kappa shape index (κ1) is 14.7. The normalized spacial score (nSPS) is 12.8. The van der Waals surface area contributed by atoms with Crippen LogP contribution in [0.1, 0.15) is 38.8 Å². The van der Waals surface area contributed by atoms with E-state index in [0.29, 0.717) is 18.5 Å². The Hall–Kier alpha value is -2.89. The standard InChI is InChI=1S/C18H17N3O3/c1-10-4-3-5-13(19-10)9-21-8-12-6-7-14-15(16(12)20-21)11(2)17(24-14)18(22)23/h3-5,8H,6-7,9H2,1-2H3,(H,22,23). The molecule has 0 bridgehead atoms. The summed E-state index contributed by atoms with van der Waals surface area (Å²) in [5, 5.41) is 13.9. The van der Waals surface area contributed by atoms with Crippen molar-refractivity contribution in [3.63, 3.8) is 0 Å². The van der Waals surface area contributed by atoms with Crippen LogP contribution in [0.2, 0.25) is 0 Å². The average Bonchev–Trinajstić information content (AvgIpc) is 3.07. The molecule has 0 amide bonds. The molecule has 3 aromatic heterocycles. The predicted molar refractivity (Wildman–Crippen MR) is 87.1 cm³/mol. The minimum absolute atomic E-state index is 0.0164. The molecule has 24 heavy (non-hydrogen) atoms. The number of furan rings is 1. The summed E-state index contributed by atoms with van der Waals surface area (Å²) in [6.07, 6.45) is 3.52. The lowest BCUT2D eigenvalue weighted by atomic mass is 9.94. The number of pyridine rings is 1. The maximum atomic E-state index is 11.3. The third-order valence-corrected chi connectivity index (χ3v) is 4.38. The monoisotopic (exact) mass is 323 g/mol. The van der Waals surface area contributed by atoms with E-state index < -0.39 is 5.97 Å². The molecule has 0 unspecified atom stereocenters. The number of fused-ring (bicyclic) bond motifs is 3. The van der Waals surface area contributed by atoms with Crippen molar-refractivity contribution in [2.24, 2.45) is 0 Å². The molecular formula is C18H17N3O3. The molecule has 4 rings (SSSR count). The fraction of sp³-hybridized carbons (Fsp3) is 0.278. The summed E-state index contributed by atoms with van der Waals surface area (Å²) in [4.78, 5) is 15.8. The van der Waals surface area contributed by atoms with Gasteiger partial charge in [0.25, 0.3) is 0 Å². The van der Waals surface area contributed by atoms with Crippen LogP contribution in [0.15, 0.2) is 28.8 Å². The fourth-order valence-electron chi connectivity index (χ4n) is 3.30. The lowest BCUT2D eigenvalue weighted by molar-refractivity contribution is 0.0659. The summed E-state index contributed by atoms with van der Waals surface area (Å²) in [6.45, 7) is 4.33. The molecule has 1 N–H and O–H groups in total. The van der Waals surface area contributed by atoms with E-state index in [1.54, 1.807) is 6.92 Å². The van der Waals surface area contributed by atoms with E-state index in [-0.39, 0.29) is 5.76 Å². The topological polar surface area (TPSA) is 81.2 Å². The van der Waals surface area contributed by atoms with Gasteiger partial charge in [0, 0.05) is 29.4 Å². The molecule has 6 heteroatoms. The molecule has 0 aliphatic heterocycles. The van der Waals surface area contributed by atoms with Crippen LogP contribution in [-0.4, -0.2) is 25.8 Å². The number of rotatable bonds is 3. The van der Waals surface area contributed by atoms with Crippen molar-refractivity contribution >= 4 is 5.97 Å². The van der Waals surface area contributed by atoms with E-state index in [2.05, 4.69) is 10.1 Å². The number of aromatic nitrogens is 3. The molecule has 0 spiro atoms. The Bertz CT molecular complexity index is 953. The highest BCUT2D eigenvalue weighted by molar-refractivity contribution is 5.90. The van der Waals surface area contributed by atoms with Crippen LogP contribution in [0.4, 0.5) is 0 Å². The second kappa shape index (κ2) is 5.33. The molecule has 0 atom stereocenters. The van der Waals surface area contributed by atoms with E-state index in [4.69, 9.17) is 4.42 Å². The van der Waals surface area contributed by atoms with Gasteiger partial charge in [-0.1, -0.05) is 6.07 Å². The average molecular weight is 323 g/mol. The van der Waals surface area contributed by atoms with Gasteiger partial charge in [0.1, 0.15) is 5.76 Å². The van der Waals surface area contributed by atoms with Crippen LogP contribution in [-0.2, 0) is 19.4 Å². The molecule has 0 saturated heterocycles. The highest BCUT2D eigenvalue weighted by Crippen LogP contribution is 2.38. The number of carboxylic acid groups (broad SMARTS) is 1. The summed E-state index contributed by atoms with van der Waals surface area (Å²) in [6, 6.07) is 5.93. The fourth-order valence-corrected chi connectivity index (χ4v) is 3.30. The van der Waals surface area contributed by atoms with Gasteiger partial charge in [-0.15, -0.1) is 0 Å². The Balaban J connectivity index is 1.74. The maximum absolute atomic E-state index is 11.3. The lowest BCUT2D eigenvalue weighted by Gasteiger charge is -2.09. The van der Waals surface area contributed by atoms with Gasteiger partial charge in [0.2, 0.25) is 5.76 Å². The minimum atomic E-state index is -1.04. The maximum Gasteiger partial charge on any atom is 0.372 e. The summed E-state index contributed by atoms with van der Waals surface area (Å²) >= 11 is 0. The van der Waals surface area contributed by atoms with Crippen LogP contribution >= 0.6 is 0 Å². The van der Waals surface area contributed by atoms with Crippen molar-refractivity contribution in [2.75, 3.05) is 0 Å². The number of carboxylic acids is 1. The smallest absolute Gasteiger partial charge is 0.372 e. The molecule has 1 aliphatic carbocycles. The molecule has 1 aliphatic rings. The SMILES string of the molecule is Cc1cccc(Cn2cc3c(n2)-c2c(oc(C(=O)O)c2C)CC3)n1. The first-order valence-electron chi connectivity index (χ1n) is 7.87. The van der Waals surface area contributed by atoms with Crippen LogP contribution < -0.4 is 0 Å². The molecule has 3 heterocycles.